The second-order valence-corrected chi connectivity index (χ2v) is 7.96. The summed E-state index contributed by atoms with van der Waals surface area (Å²) in [6.07, 6.45) is 0. The molecule has 1 aliphatic heterocycles. The van der Waals surface area contributed by atoms with Crippen molar-refractivity contribution in [1.29, 1.82) is 0 Å². The Balaban J connectivity index is 1.71. The van der Waals surface area contributed by atoms with Crippen molar-refractivity contribution in [2.75, 3.05) is 12.1 Å². The van der Waals surface area contributed by atoms with Gasteiger partial charge in [0.05, 0.1) is 16.4 Å². The van der Waals surface area contributed by atoms with E-state index >= 15 is 0 Å². The van der Waals surface area contributed by atoms with Crippen molar-refractivity contribution in [1.82, 2.24) is 9.78 Å². The fourth-order valence-electron chi connectivity index (χ4n) is 2.87. The quantitative estimate of drug-likeness (QED) is 0.689. The highest BCUT2D eigenvalue weighted by molar-refractivity contribution is 6.32. The summed E-state index contributed by atoms with van der Waals surface area (Å²) < 4.78 is 12.3. The first-order chi connectivity index (χ1) is 13.3. The monoisotopic (exact) mass is 397 g/mol. The van der Waals surface area contributed by atoms with Crippen LogP contribution in [0.25, 0.3) is 5.69 Å². The van der Waals surface area contributed by atoms with E-state index in [1.807, 2.05) is 24.3 Å². The minimum absolute atomic E-state index is 0.161. The number of ether oxygens (including phenoxy) is 2. The van der Waals surface area contributed by atoms with E-state index in [0.29, 0.717) is 33.6 Å². The van der Waals surface area contributed by atoms with Crippen LogP contribution in [-0.4, -0.2) is 22.5 Å². The van der Waals surface area contributed by atoms with Crippen molar-refractivity contribution < 1.29 is 14.3 Å². The van der Waals surface area contributed by atoms with Crippen LogP contribution in [0.1, 0.15) is 36.8 Å². The highest BCUT2D eigenvalue weighted by Gasteiger charge is 2.23. The maximum absolute atomic E-state index is 12.9. The van der Waals surface area contributed by atoms with Gasteiger partial charge in [0.15, 0.2) is 11.5 Å². The van der Waals surface area contributed by atoms with Crippen LogP contribution in [0.15, 0.2) is 48.5 Å². The Hall–Kier alpha value is -2.99. The number of anilines is 1. The van der Waals surface area contributed by atoms with Crippen molar-refractivity contribution in [3.63, 3.8) is 0 Å². The summed E-state index contributed by atoms with van der Waals surface area (Å²) in [5.41, 5.74) is 1.81. The molecule has 1 N–H and O–H groups in total. The van der Waals surface area contributed by atoms with E-state index in [1.54, 1.807) is 28.9 Å². The van der Waals surface area contributed by atoms with Crippen LogP contribution in [0.4, 0.5) is 5.82 Å². The minimum Gasteiger partial charge on any atom is -0.454 e. The molecule has 1 aliphatic rings. The van der Waals surface area contributed by atoms with Crippen LogP contribution in [-0.2, 0) is 5.41 Å². The Morgan fingerprint density at radius 2 is 1.86 bits per heavy atom. The van der Waals surface area contributed by atoms with Crippen molar-refractivity contribution in [2.24, 2.45) is 0 Å². The number of carbonyl (C=O) groups excluding carboxylic acids is 1. The molecule has 0 bridgehead atoms. The molecular weight excluding hydrogens is 378 g/mol. The van der Waals surface area contributed by atoms with Crippen molar-refractivity contribution in [3.05, 3.63) is 64.8 Å². The molecule has 0 saturated carbocycles. The molecule has 3 aromatic rings. The molecule has 0 radical (unpaired) electrons. The van der Waals surface area contributed by atoms with Crippen molar-refractivity contribution in [2.45, 2.75) is 26.2 Å². The molecular formula is C21H20ClN3O3. The topological polar surface area (TPSA) is 65.4 Å². The van der Waals surface area contributed by atoms with Crippen LogP contribution in [0, 0.1) is 0 Å². The van der Waals surface area contributed by atoms with E-state index in [0.717, 1.165) is 5.69 Å². The van der Waals surface area contributed by atoms with Gasteiger partial charge in [-0.3, -0.25) is 4.79 Å². The molecule has 0 saturated heterocycles. The third-order valence-corrected chi connectivity index (χ3v) is 4.75. The molecule has 6 nitrogen and oxygen atoms in total. The fraction of sp³-hybridized carbons (Fsp3) is 0.238. The lowest BCUT2D eigenvalue weighted by molar-refractivity contribution is 0.102. The van der Waals surface area contributed by atoms with Gasteiger partial charge in [-0.05, 0) is 30.3 Å². The first-order valence-corrected chi connectivity index (χ1v) is 9.27. The highest BCUT2D eigenvalue weighted by Crippen LogP contribution is 2.33. The molecule has 1 amide bonds. The molecule has 28 heavy (non-hydrogen) atoms. The predicted molar refractivity (Wildman–Crippen MR) is 108 cm³/mol. The number of para-hydroxylation sites is 1. The van der Waals surface area contributed by atoms with Gasteiger partial charge in [-0.15, -0.1) is 0 Å². The second-order valence-electron chi connectivity index (χ2n) is 7.55. The van der Waals surface area contributed by atoms with Gasteiger partial charge in [-0.1, -0.05) is 44.5 Å². The maximum atomic E-state index is 12.9. The summed E-state index contributed by atoms with van der Waals surface area (Å²) >= 11 is 6.37. The summed E-state index contributed by atoms with van der Waals surface area (Å²) in [6.45, 7) is 6.36. The van der Waals surface area contributed by atoms with Crippen LogP contribution >= 0.6 is 11.6 Å². The Bertz CT molecular complexity index is 1050. The van der Waals surface area contributed by atoms with Gasteiger partial charge >= 0.3 is 0 Å². The van der Waals surface area contributed by atoms with Gasteiger partial charge in [-0.25, -0.2) is 4.68 Å². The van der Waals surface area contributed by atoms with Gasteiger partial charge < -0.3 is 14.8 Å². The molecule has 1 aromatic heterocycles. The van der Waals surface area contributed by atoms with E-state index < -0.39 is 0 Å². The molecule has 0 fully saturated rings. The van der Waals surface area contributed by atoms with E-state index in [1.165, 1.54) is 0 Å². The summed E-state index contributed by atoms with van der Waals surface area (Å²) in [7, 11) is 0. The summed E-state index contributed by atoms with van der Waals surface area (Å²) in [4.78, 5) is 12.9. The number of amides is 1. The van der Waals surface area contributed by atoms with Crippen molar-refractivity contribution >= 4 is 23.3 Å². The lowest BCUT2D eigenvalue weighted by Crippen LogP contribution is -2.15. The molecule has 144 valence electrons. The fourth-order valence-corrected chi connectivity index (χ4v) is 3.09. The lowest BCUT2D eigenvalue weighted by atomic mass is 9.92. The highest BCUT2D eigenvalue weighted by atomic mass is 35.5. The zero-order valence-corrected chi connectivity index (χ0v) is 16.6. The average molecular weight is 398 g/mol. The molecule has 0 atom stereocenters. The standard InChI is InChI=1S/C21H20ClN3O3/c1-21(2,3)18-11-19(25(24-18)15-7-5-4-6-14(15)22)23-20(26)13-8-9-16-17(10-13)28-12-27-16/h4-11H,12H2,1-3H3,(H,23,26). The second kappa shape index (κ2) is 6.87. The average Bonchev–Trinajstić information content (AvgIpc) is 3.28. The number of rotatable bonds is 3. The number of nitrogens with one attached hydrogen (secondary N) is 1. The number of hydrogen-bond donors (Lipinski definition) is 1. The molecule has 0 spiro atoms. The van der Waals surface area contributed by atoms with Gasteiger partial charge in [0, 0.05) is 17.0 Å². The maximum Gasteiger partial charge on any atom is 0.256 e. The number of hydrogen-bond acceptors (Lipinski definition) is 4. The largest absolute Gasteiger partial charge is 0.454 e. The first-order valence-electron chi connectivity index (χ1n) is 8.89. The number of nitrogens with zero attached hydrogens (tertiary/aromatic N) is 2. The number of benzene rings is 2. The Labute approximate surface area is 168 Å². The van der Waals surface area contributed by atoms with Crippen LogP contribution < -0.4 is 14.8 Å². The van der Waals surface area contributed by atoms with E-state index in [4.69, 9.17) is 21.1 Å². The van der Waals surface area contributed by atoms with E-state index in [-0.39, 0.29) is 18.1 Å². The number of aromatic nitrogens is 2. The molecule has 0 aliphatic carbocycles. The third-order valence-electron chi connectivity index (χ3n) is 4.43. The zero-order chi connectivity index (χ0) is 19.9. The van der Waals surface area contributed by atoms with Gasteiger partial charge in [0.1, 0.15) is 5.82 Å². The van der Waals surface area contributed by atoms with Crippen LogP contribution in [0.3, 0.4) is 0 Å². The molecule has 7 heteroatoms. The smallest absolute Gasteiger partial charge is 0.256 e. The van der Waals surface area contributed by atoms with Crippen LogP contribution in [0.2, 0.25) is 5.02 Å². The number of carbonyl (C=O) groups is 1. The van der Waals surface area contributed by atoms with Gasteiger partial charge in [0.2, 0.25) is 6.79 Å². The number of fused-ring (bicyclic) bond motifs is 1. The van der Waals surface area contributed by atoms with Gasteiger partial charge in [0.25, 0.3) is 5.91 Å². The predicted octanol–water partition coefficient (Wildman–Crippen LogP) is 4.80. The third kappa shape index (κ3) is 3.43. The minimum atomic E-state index is -0.271. The molecule has 0 unspecified atom stereocenters. The SMILES string of the molecule is CC(C)(C)c1cc(NC(=O)c2ccc3c(c2)OCO3)n(-c2ccccc2Cl)n1. The lowest BCUT2D eigenvalue weighted by Gasteiger charge is -2.14. The summed E-state index contributed by atoms with van der Waals surface area (Å²) in [5, 5.41) is 8.18. The van der Waals surface area contributed by atoms with E-state index in [2.05, 4.69) is 31.2 Å². The first kappa shape index (κ1) is 18.4. The molecule has 4 rings (SSSR count). The van der Waals surface area contributed by atoms with Gasteiger partial charge in [-0.2, -0.15) is 5.10 Å². The normalized spacial score (nSPS) is 12.9. The Kier molecular flexibility index (Phi) is 4.51. The van der Waals surface area contributed by atoms with Crippen molar-refractivity contribution in [3.8, 4) is 17.2 Å². The Morgan fingerprint density at radius 3 is 2.61 bits per heavy atom. The molecule has 2 heterocycles. The summed E-state index contributed by atoms with van der Waals surface area (Å²) in [5.74, 6) is 1.46. The molecule has 2 aromatic carbocycles. The Morgan fingerprint density at radius 1 is 1.11 bits per heavy atom. The summed E-state index contributed by atoms with van der Waals surface area (Å²) in [6, 6.07) is 14.3. The van der Waals surface area contributed by atoms with Crippen LogP contribution in [0.5, 0.6) is 11.5 Å². The van der Waals surface area contributed by atoms with E-state index in [9.17, 15) is 4.79 Å². The number of halogens is 1. The zero-order valence-electron chi connectivity index (χ0n) is 15.8.